The lowest BCUT2D eigenvalue weighted by molar-refractivity contribution is -0.0370. The topological polar surface area (TPSA) is 128 Å². The van der Waals surface area contributed by atoms with Crippen molar-refractivity contribution in [1.29, 1.82) is 0 Å². The van der Waals surface area contributed by atoms with Crippen LogP contribution in [0.5, 0.6) is 0 Å². The Hall–Kier alpha value is -3.04. The van der Waals surface area contributed by atoms with Gasteiger partial charge in [0.25, 0.3) is 11.8 Å². The molecule has 4 rings (SSSR count). The fourth-order valence-corrected chi connectivity index (χ4v) is 4.49. The molecular weight excluding hydrogens is 420 g/mol. The molecule has 2 aliphatic heterocycles. The van der Waals surface area contributed by atoms with Crippen molar-refractivity contribution in [2.45, 2.75) is 44.7 Å². The number of nitrogens with zero attached hydrogens (tertiary/aromatic N) is 4. The molecule has 4 N–H and O–H groups in total. The quantitative estimate of drug-likeness (QED) is 0.701. The van der Waals surface area contributed by atoms with E-state index in [-0.39, 0.29) is 23.1 Å². The number of morpholine rings is 1. The largest absolute Gasteiger partial charge is 0.377 e. The van der Waals surface area contributed by atoms with Crippen LogP contribution >= 0.6 is 0 Å². The van der Waals surface area contributed by atoms with Crippen LogP contribution in [0.15, 0.2) is 30.5 Å². The first-order chi connectivity index (χ1) is 15.7. The summed E-state index contributed by atoms with van der Waals surface area (Å²) >= 11 is 0. The van der Waals surface area contributed by atoms with Crippen molar-refractivity contribution in [3.05, 3.63) is 52.8 Å². The number of ether oxygens (including phenoxy) is 1. The van der Waals surface area contributed by atoms with Gasteiger partial charge in [0.2, 0.25) is 5.95 Å². The van der Waals surface area contributed by atoms with Gasteiger partial charge in [-0.05, 0) is 44.4 Å². The molecule has 2 amide bonds. The summed E-state index contributed by atoms with van der Waals surface area (Å²) < 4.78 is 5.54. The SMILES string of the molecule is CC1(C)COCCN1C(=O)c1cccc(Cc2nc(N3CCC[C@H](N)C3)ncc2C(N)=O)c1. The lowest BCUT2D eigenvalue weighted by Crippen LogP contribution is -2.55. The van der Waals surface area contributed by atoms with Gasteiger partial charge < -0.3 is 26.0 Å². The second-order valence-corrected chi connectivity index (χ2v) is 9.44. The minimum Gasteiger partial charge on any atom is -0.377 e. The number of nitrogens with two attached hydrogens (primary N) is 2. The Kier molecular flexibility index (Phi) is 6.62. The van der Waals surface area contributed by atoms with Crippen molar-refractivity contribution < 1.29 is 14.3 Å². The summed E-state index contributed by atoms with van der Waals surface area (Å²) in [5.74, 6) is -0.0624. The van der Waals surface area contributed by atoms with Gasteiger partial charge in [-0.15, -0.1) is 0 Å². The van der Waals surface area contributed by atoms with E-state index in [9.17, 15) is 9.59 Å². The Morgan fingerprint density at radius 1 is 1.27 bits per heavy atom. The molecule has 33 heavy (non-hydrogen) atoms. The number of amides is 2. The molecule has 1 aromatic heterocycles. The molecule has 2 aromatic rings. The number of primary amides is 1. The highest BCUT2D eigenvalue weighted by Crippen LogP contribution is 2.23. The van der Waals surface area contributed by atoms with E-state index in [0.29, 0.717) is 49.9 Å². The molecular formula is C24H32N6O3. The number of benzene rings is 1. The Morgan fingerprint density at radius 2 is 2.09 bits per heavy atom. The van der Waals surface area contributed by atoms with Crippen molar-refractivity contribution in [2.75, 3.05) is 37.7 Å². The highest BCUT2D eigenvalue weighted by Gasteiger charge is 2.34. The zero-order valence-corrected chi connectivity index (χ0v) is 19.3. The van der Waals surface area contributed by atoms with Gasteiger partial charge in [0.05, 0.1) is 30.0 Å². The summed E-state index contributed by atoms with van der Waals surface area (Å²) in [6, 6.07) is 7.52. The normalized spacial score (nSPS) is 20.5. The third kappa shape index (κ3) is 5.15. The average molecular weight is 453 g/mol. The summed E-state index contributed by atoms with van der Waals surface area (Å²) in [6.45, 7) is 7.08. The van der Waals surface area contributed by atoms with Crippen molar-refractivity contribution in [3.63, 3.8) is 0 Å². The molecule has 0 unspecified atom stereocenters. The molecule has 1 aromatic carbocycles. The fraction of sp³-hybridized carbons (Fsp3) is 0.500. The van der Waals surface area contributed by atoms with Gasteiger partial charge in [-0.25, -0.2) is 9.97 Å². The van der Waals surface area contributed by atoms with Gasteiger partial charge in [-0.2, -0.15) is 0 Å². The molecule has 0 bridgehead atoms. The number of hydrogen-bond donors (Lipinski definition) is 2. The van der Waals surface area contributed by atoms with Crippen LogP contribution in [-0.2, 0) is 11.2 Å². The van der Waals surface area contributed by atoms with Gasteiger partial charge in [0.15, 0.2) is 0 Å². The molecule has 0 radical (unpaired) electrons. The Morgan fingerprint density at radius 3 is 2.82 bits per heavy atom. The molecule has 0 spiro atoms. The standard InChI is InChI=1S/C24H32N6O3/c1-24(2)15-33-10-9-30(24)22(32)17-6-3-5-16(11-17)12-20-19(21(26)31)13-27-23(28-20)29-8-4-7-18(25)14-29/h3,5-6,11,13,18H,4,7-10,12,14-15,25H2,1-2H3,(H2,26,31)/t18-/m0/s1. The fourth-order valence-electron chi connectivity index (χ4n) is 4.49. The van der Waals surface area contributed by atoms with E-state index in [1.165, 1.54) is 6.20 Å². The van der Waals surface area contributed by atoms with Crippen molar-refractivity contribution in [1.82, 2.24) is 14.9 Å². The van der Waals surface area contributed by atoms with E-state index in [1.54, 1.807) is 0 Å². The molecule has 9 heteroatoms. The van der Waals surface area contributed by atoms with Crippen LogP contribution in [0.4, 0.5) is 5.95 Å². The monoisotopic (exact) mass is 452 g/mol. The highest BCUT2D eigenvalue weighted by molar-refractivity contribution is 5.95. The van der Waals surface area contributed by atoms with E-state index >= 15 is 0 Å². The van der Waals surface area contributed by atoms with E-state index < -0.39 is 5.91 Å². The molecule has 0 saturated carbocycles. The number of carbonyl (C=O) groups is 2. The first-order valence-electron chi connectivity index (χ1n) is 11.4. The molecule has 9 nitrogen and oxygen atoms in total. The summed E-state index contributed by atoms with van der Waals surface area (Å²) in [7, 11) is 0. The third-order valence-corrected chi connectivity index (χ3v) is 6.30. The van der Waals surface area contributed by atoms with Crippen LogP contribution in [-0.4, -0.2) is 71.1 Å². The van der Waals surface area contributed by atoms with E-state index in [1.807, 2.05) is 47.9 Å². The average Bonchev–Trinajstić information content (AvgIpc) is 2.78. The summed E-state index contributed by atoms with van der Waals surface area (Å²) in [5.41, 5.74) is 13.6. The zero-order chi connectivity index (χ0) is 23.6. The number of anilines is 1. The maximum Gasteiger partial charge on any atom is 0.254 e. The molecule has 1 atom stereocenters. The van der Waals surface area contributed by atoms with Crippen LogP contribution in [0.1, 0.15) is 58.7 Å². The van der Waals surface area contributed by atoms with Crippen molar-refractivity contribution in [3.8, 4) is 0 Å². The van der Waals surface area contributed by atoms with Gasteiger partial charge in [-0.1, -0.05) is 12.1 Å². The lowest BCUT2D eigenvalue weighted by atomic mass is 9.99. The van der Waals surface area contributed by atoms with Crippen LogP contribution < -0.4 is 16.4 Å². The Bertz CT molecular complexity index is 1040. The van der Waals surface area contributed by atoms with Gasteiger partial charge in [0.1, 0.15) is 0 Å². The zero-order valence-electron chi connectivity index (χ0n) is 19.3. The molecule has 2 saturated heterocycles. The van der Waals surface area contributed by atoms with Crippen LogP contribution in [0.2, 0.25) is 0 Å². The first-order valence-corrected chi connectivity index (χ1v) is 11.4. The number of carbonyl (C=O) groups excluding carboxylic acids is 2. The number of rotatable bonds is 5. The van der Waals surface area contributed by atoms with E-state index in [0.717, 1.165) is 24.9 Å². The van der Waals surface area contributed by atoms with Crippen LogP contribution in [0.3, 0.4) is 0 Å². The molecule has 3 heterocycles. The summed E-state index contributed by atoms with van der Waals surface area (Å²) in [6.07, 6.45) is 3.80. The summed E-state index contributed by atoms with van der Waals surface area (Å²) in [5, 5.41) is 0. The molecule has 2 aliphatic rings. The predicted octanol–water partition coefficient (Wildman–Crippen LogP) is 1.34. The van der Waals surface area contributed by atoms with Crippen molar-refractivity contribution >= 4 is 17.8 Å². The van der Waals surface area contributed by atoms with Crippen molar-refractivity contribution in [2.24, 2.45) is 11.5 Å². The number of piperidine rings is 1. The van der Waals surface area contributed by atoms with Crippen LogP contribution in [0.25, 0.3) is 0 Å². The first kappa shape index (κ1) is 23.1. The van der Waals surface area contributed by atoms with E-state index in [4.69, 9.17) is 16.2 Å². The van der Waals surface area contributed by atoms with Gasteiger partial charge in [-0.3, -0.25) is 9.59 Å². The second-order valence-electron chi connectivity index (χ2n) is 9.44. The van der Waals surface area contributed by atoms with Crippen LogP contribution in [0, 0.1) is 0 Å². The molecule has 176 valence electrons. The van der Waals surface area contributed by atoms with Gasteiger partial charge >= 0.3 is 0 Å². The Labute approximate surface area is 194 Å². The predicted molar refractivity (Wildman–Crippen MR) is 125 cm³/mol. The maximum atomic E-state index is 13.2. The highest BCUT2D eigenvalue weighted by atomic mass is 16.5. The number of aromatic nitrogens is 2. The third-order valence-electron chi connectivity index (χ3n) is 6.30. The Balaban J connectivity index is 1.60. The molecule has 0 aliphatic carbocycles. The molecule has 2 fully saturated rings. The number of hydrogen-bond acceptors (Lipinski definition) is 7. The minimum atomic E-state index is -0.575. The van der Waals surface area contributed by atoms with E-state index in [2.05, 4.69) is 9.97 Å². The van der Waals surface area contributed by atoms with Gasteiger partial charge in [0, 0.05) is 43.9 Å². The maximum absolute atomic E-state index is 13.2. The smallest absolute Gasteiger partial charge is 0.254 e. The minimum absolute atomic E-state index is 0.0362. The second kappa shape index (κ2) is 9.44. The lowest BCUT2D eigenvalue weighted by Gasteiger charge is -2.42. The summed E-state index contributed by atoms with van der Waals surface area (Å²) in [4.78, 5) is 38.2.